The summed E-state index contributed by atoms with van der Waals surface area (Å²) in [6.45, 7) is 0.752. The molecule has 1 aliphatic heterocycles. The van der Waals surface area contributed by atoms with Gasteiger partial charge in [0, 0.05) is 12.6 Å². The third-order valence-corrected chi connectivity index (χ3v) is 4.52. The summed E-state index contributed by atoms with van der Waals surface area (Å²) >= 11 is 0. The molecule has 0 aromatic heterocycles. The first-order valence-corrected chi connectivity index (χ1v) is 7.68. The van der Waals surface area contributed by atoms with Crippen molar-refractivity contribution in [3.63, 3.8) is 0 Å². The number of rotatable bonds is 4. The number of nitrogens with one attached hydrogen (secondary N) is 1. The molecule has 0 spiro atoms. The molecule has 0 saturated heterocycles. The average Bonchev–Trinajstić information content (AvgIpc) is 3.29. The van der Waals surface area contributed by atoms with Gasteiger partial charge in [-0.1, -0.05) is 24.3 Å². The Labute approximate surface area is 125 Å². The summed E-state index contributed by atoms with van der Waals surface area (Å²) in [4.78, 5) is 14.5. The molecule has 1 aromatic carbocycles. The Morgan fingerprint density at radius 2 is 2.05 bits per heavy atom. The van der Waals surface area contributed by atoms with Gasteiger partial charge in [0.15, 0.2) is 6.35 Å². The third-order valence-electron chi connectivity index (χ3n) is 4.52. The fraction of sp³-hybridized carbons (Fsp3) is 0.562. The van der Waals surface area contributed by atoms with Gasteiger partial charge in [-0.05, 0) is 42.7 Å². The van der Waals surface area contributed by atoms with Gasteiger partial charge in [0.2, 0.25) is 5.91 Å². The normalized spacial score (nSPS) is 23.3. The van der Waals surface area contributed by atoms with Crippen molar-refractivity contribution in [2.75, 3.05) is 6.54 Å². The minimum atomic E-state index is -1.15. The number of nitrogens with two attached hydrogens (primary N) is 1. The Hall–Kier alpha value is -1.43. The molecule has 5 heteroatoms. The highest BCUT2D eigenvalue weighted by Gasteiger charge is 2.38. The van der Waals surface area contributed by atoms with Crippen LogP contribution in [0.2, 0.25) is 0 Å². The number of nitrogens with zero attached hydrogens (tertiary/aromatic N) is 1. The summed E-state index contributed by atoms with van der Waals surface area (Å²) in [6.07, 6.45) is 3.36. The number of benzene rings is 1. The summed E-state index contributed by atoms with van der Waals surface area (Å²) in [7, 11) is 0. The van der Waals surface area contributed by atoms with E-state index >= 15 is 0 Å². The predicted octanol–water partition coefficient (Wildman–Crippen LogP) is 0.564. The Morgan fingerprint density at radius 1 is 1.33 bits per heavy atom. The molecule has 1 fully saturated rings. The maximum absolute atomic E-state index is 12.5. The number of hydrogen-bond donors (Lipinski definition) is 3. The lowest BCUT2D eigenvalue weighted by Crippen LogP contribution is -2.48. The average molecular weight is 289 g/mol. The van der Waals surface area contributed by atoms with Crippen LogP contribution in [-0.2, 0) is 17.8 Å². The summed E-state index contributed by atoms with van der Waals surface area (Å²) in [5.41, 5.74) is 7.85. The number of hydrogen-bond acceptors (Lipinski definition) is 4. The lowest BCUT2D eigenvalue weighted by atomic mass is 10.0. The second kappa shape index (κ2) is 6.13. The van der Waals surface area contributed by atoms with Crippen molar-refractivity contribution in [2.45, 2.75) is 44.6 Å². The number of fused-ring (bicyclic) bond motifs is 1. The van der Waals surface area contributed by atoms with E-state index in [2.05, 4.69) is 23.5 Å². The molecule has 0 bridgehead atoms. The molecule has 2 atom stereocenters. The molecule has 5 nitrogen and oxygen atoms in total. The quantitative estimate of drug-likeness (QED) is 0.708. The van der Waals surface area contributed by atoms with E-state index in [1.165, 1.54) is 24.0 Å². The van der Waals surface area contributed by atoms with Crippen LogP contribution in [0.25, 0.3) is 0 Å². The predicted molar refractivity (Wildman–Crippen MR) is 80.0 cm³/mol. The van der Waals surface area contributed by atoms with Gasteiger partial charge in [0.1, 0.15) is 0 Å². The van der Waals surface area contributed by atoms with Crippen molar-refractivity contribution in [3.05, 3.63) is 35.4 Å². The molecule has 1 unspecified atom stereocenters. The molecule has 1 saturated carbocycles. The van der Waals surface area contributed by atoms with Gasteiger partial charge in [0.25, 0.3) is 0 Å². The molecule has 114 valence electrons. The lowest BCUT2D eigenvalue weighted by Gasteiger charge is -2.31. The van der Waals surface area contributed by atoms with Crippen LogP contribution in [0, 0.1) is 5.92 Å². The molecular formula is C16H23N3O2. The van der Waals surface area contributed by atoms with Gasteiger partial charge < -0.3 is 10.0 Å². The first kappa shape index (κ1) is 14.5. The van der Waals surface area contributed by atoms with Crippen LogP contribution < -0.4 is 11.1 Å². The van der Waals surface area contributed by atoms with Crippen LogP contribution in [0.1, 0.15) is 30.4 Å². The van der Waals surface area contributed by atoms with E-state index in [4.69, 9.17) is 10.8 Å². The largest absolute Gasteiger partial charge is 0.366 e. The molecule has 1 amide bonds. The summed E-state index contributed by atoms with van der Waals surface area (Å²) in [6, 6.07) is 8.68. The van der Waals surface area contributed by atoms with Crippen LogP contribution in [0.15, 0.2) is 24.3 Å². The fourth-order valence-corrected chi connectivity index (χ4v) is 3.25. The number of aliphatic hydroxyl groups is 1. The zero-order chi connectivity index (χ0) is 14.8. The maximum Gasteiger partial charge on any atom is 0.237 e. The van der Waals surface area contributed by atoms with Gasteiger partial charge >= 0.3 is 0 Å². The van der Waals surface area contributed by atoms with Crippen molar-refractivity contribution in [3.8, 4) is 0 Å². The molecule has 21 heavy (non-hydrogen) atoms. The van der Waals surface area contributed by atoms with Crippen molar-refractivity contribution in [2.24, 2.45) is 11.7 Å². The van der Waals surface area contributed by atoms with Crippen LogP contribution in [0.5, 0.6) is 0 Å². The van der Waals surface area contributed by atoms with Crippen LogP contribution in [0.3, 0.4) is 0 Å². The fourth-order valence-electron chi connectivity index (χ4n) is 3.25. The number of aliphatic hydroxyl groups excluding tert-OH is 1. The molecule has 1 aliphatic carbocycles. The van der Waals surface area contributed by atoms with Crippen molar-refractivity contribution in [1.29, 1.82) is 0 Å². The summed E-state index contributed by atoms with van der Waals surface area (Å²) in [5, 5.41) is 11.7. The highest BCUT2D eigenvalue weighted by Crippen LogP contribution is 2.39. The van der Waals surface area contributed by atoms with Gasteiger partial charge in [-0.2, -0.15) is 0 Å². The SMILES string of the molecule is NC(O)NCC(=O)N1Cc2ccccc2CC[C@H]1C1CC1. The molecular weight excluding hydrogens is 266 g/mol. The zero-order valence-corrected chi connectivity index (χ0v) is 12.2. The molecule has 1 aromatic rings. The van der Waals surface area contributed by atoms with Crippen LogP contribution in [-0.4, -0.2) is 34.9 Å². The summed E-state index contributed by atoms with van der Waals surface area (Å²) < 4.78 is 0. The Kier molecular flexibility index (Phi) is 4.24. The Bertz CT molecular complexity index is 514. The summed E-state index contributed by atoms with van der Waals surface area (Å²) in [5.74, 6) is 0.666. The Morgan fingerprint density at radius 3 is 2.71 bits per heavy atom. The van der Waals surface area contributed by atoms with E-state index in [1.54, 1.807) is 0 Å². The highest BCUT2D eigenvalue weighted by atomic mass is 16.3. The van der Waals surface area contributed by atoms with Gasteiger partial charge in [-0.3, -0.25) is 15.8 Å². The van der Waals surface area contributed by atoms with E-state index in [0.717, 1.165) is 12.8 Å². The highest BCUT2D eigenvalue weighted by molar-refractivity contribution is 5.78. The van der Waals surface area contributed by atoms with E-state index < -0.39 is 6.35 Å². The van der Waals surface area contributed by atoms with E-state index in [1.807, 2.05) is 11.0 Å². The number of carbonyl (C=O) groups is 1. The minimum Gasteiger partial charge on any atom is -0.366 e. The lowest BCUT2D eigenvalue weighted by molar-refractivity contribution is -0.134. The second-order valence-electron chi connectivity index (χ2n) is 6.06. The molecule has 2 aliphatic rings. The number of carbonyl (C=O) groups excluding carboxylic acids is 1. The molecule has 0 radical (unpaired) electrons. The monoisotopic (exact) mass is 289 g/mol. The van der Waals surface area contributed by atoms with Gasteiger partial charge in [0.05, 0.1) is 6.54 Å². The third kappa shape index (κ3) is 3.43. The van der Waals surface area contributed by atoms with E-state index in [9.17, 15) is 4.79 Å². The number of amides is 1. The standard InChI is InChI=1S/C16H23N3O2/c17-16(21)18-9-15(20)19-10-13-4-2-1-3-11(13)7-8-14(19)12-5-6-12/h1-4,12,14,16,18,21H,5-10,17H2/t14-,16?/m0/s1. The molecule has 4 N–H and O–H groups in total. The smallest absolute Gasteiger partial charge is 0.237 e. The first-order valence-electron chi connectivity index (χ1n) is 7.68. The first-order chi connectivity index (χ1) is 10.1. The Balaban J connectivity index is 1.78. The molecule has 3 rings (SSSR count). The minimum absolute atomic E-state index is 0.0214. The van der Waals surface area contributed by atoms with Crippen molar-refractivity contribution in [1.82, 2.24) is 10.2 Å². The van der Waals surface area contributed by atoms with Gasteiger partial charge in [-0.15, -0.1) is 0 Å². The van der Waals surface area contributed by atoms with Crippen molar-refractivity contribution >= 4 is 5.91 Å². The maximum atomic E-state index is 12.5. The molecule has 1 heterocycles. The van der Waals surface area contributed by atoms with E-state index in [-0.39, 0.29) is 12.5 Å². The van der Waals surface area contributed by atoms with E-state index in [0.29, 0.717) is 18.5 Å². The van der Waals surface area contributed by atoms with Crippen LogP contribution >= 0.6 is 0 Å². The second-order valence-corrected chi connectivity index (χ2v) is 6.06. The van der Waals surface area contributed by atoms with Crippen LogP contribution in [0.4, 0.5) is 0 Å². The van der Waals surface area contributed by atoms with Crippen molar-refractivity contribution < 1.29 is 9.90 Å². The topological polar surface area (TPSA) is 78.6 Å². The zero-order valence-electron chi connectivity index (χ0n) is 12.2. The van der Waals surface area contributed by atoms with Gasteiger partial charge in [-0.25, -0.2) is 0 Å². The number of aryl methyl sites for hydroxylation is 1.